The van der Waals surface area contributed by atoms with Gasteiger partial charge < -0.3 is 4.42 Å². The highest BCUT2D eigenvalue weighted by Crippen LogP contribution is 2.23. The summed E-state index contributed by atoms with van der Waals surface area (Å²) in [7, 11) is 0. The smallest absolute Gasteiger partial charge is 0.262 e. The van der Waals surface area contributed by atoms with Crippen LogP contribution in [0.1, 0.15) is 10.4 Å². The van der Waals surface area contributed by atoms with Crippen LogP contribution < -0.4 is 10.9 Å². The van der Waals surface area contributed by atoms with Crippen LogP contribution in [-0.4, -0.2) is 10.9 Å². The summed E-state index contributed by atoms with van der Waals surface area (Å²) in [6, 6.07) is 11.1. The van der Waals surface area contributed by atoms with Crippen molar-refractivity contribution in [3.05, 3.63) is 80.5 Å². The maximum absolute atomic E-state index is 13.4. The molecule has 4 rings (SSSR count). The van der Waals surface area contributed by atoms with E-state index in [0.29, 0.717) is 16.4 Å². The van der Waals surface area contributed by atoms with Crippen LogP contribution in [0.4, 0.5) is 15.2 Å². The number of nitrogens with zero attached hydrogens (tertiary/aromatic N) is 2. The number of carbonyl (C=O) groups is 1. The second-order valence-electron chi connectivity index (χ2n) is 5.65. The molecule has 140 valence electrons. The van der Waals surface area contributed by atoms with E-state index in [1.165, 1.54) is 29.5 Å². The predicted molar refractivity (Wildman–Crippen MR) is 111 cm³/mol. The first kappa shape index (κ1) is 18.8. The van der Waals surface area contributed by atoms with Gasteiger partial charge in [0.15, 0.2) is 5.13 Å². The van der Waals surface area contributed by atoms with Gasteiger partial charge in [-0.15, -0.1) is 11.3 Å². The van der Waals surface area contributed by atoms with Crippen molar-refractivity contribution in [2.45, 2.75) is 0 Å². The monoisotopic (exact) mass is 477 g/mol. The number of benzene rings is 2. The molecule has 1 amide bonds. The summed E-state index contributed by atoms with van der Waals surface area (Å²) >= 11 is 10.5. The minimum absolute atomic E-state index is 0.0697. The summed E-state index contributed by atoms with van der Waals surface area (Å²) in [5.41, 5.74) is 1.18. The van der Waals surface area contributed by atoms with Gasteiger partial charge in [-0.05, 0) is 42.5 Å². The molecule has 0 saturated carbocycles. The normalized spacial score (nSPS) is 11.8. The predicted octanol–water partition coefficient (Wildman–Crippen LogP) is 5.93. The SMILES string of the molecule is O=C(Nc1nccs1)c1cc2cc(Br)ccc2oc1=Nc1ccc(F)c(Cl)c1. The van der Waals surface area contributed by atoms with E-state index >= 15 is 0 Å². The van der Waals surface area contributed by atoms with Gasteiger partial charge >= 0.3 is 0 Å². The maximum Gasteiger partial charge on any atom is 0.262 e. The van der Waals surface area contributed by atoms with Crippen LogP contribution in [0.15, 0.2) is 67.9 Å². The number of amides is 1. The fourth-order valence-corrected chi connectivity index (χ4v) is 3.55. The molecule has 2 heterocycles. The molecule has 5 nitrogen and oxygen atoms in total. The van der Waals surface area contributed by atoms with Gasteiger partial charge in [0.25, 0.3) is 5.91 Å². The molecule has 0 spiro atoms. The Hall–Kier alpha value is -2.55. The Kier molecular flexibility index (Phi) is 5.25. The van der Waals surface area contributed by atoms with E-state index in [1.807, 2.05) is 12.1 Å². The number of thiazole rings is 1. The van der Waals surface area contributed by atoms with Gasteiger partial charge in [-0.25, -0.2) is 14.4 Å². The van der Waals surface area contributed by atoms with Gasteiger partial charge in [-0.2, -0.15) is 0 Å². The fraction of sp³-hybridized carbons (Fsp3) is 0. The molecular weight excluding hydrogens is 469 g/mol. The van der Waals surface area contributed by atoms with Crippen molar-refractivity contribution in [3.63, 3.8) is 0 Å². The van der Waals surface area contributed by atoms with Crippen LogP contribution >= 0.6 is 38.9 Å². The van der Waals surface area contributed by atoms with Crippen LogP contribution in [0.5, 0.6) is 0 Å². The fourth-order valence-electron chi connectivity index (χ4n) is 2.47. The highest BCUT2D eigenvalue weighted by atomic mass is 79.9. The van der Waals surface area contributed by atoms with Crippen molar-refractivity contribution >= 4 is 66.6 Å². The lowest BCUT2D eigenvalue weighted by molar-refractivity contribution is 0.102. The lowest BCUT2D eigenvalue weighted by Crippen LogP contribution is -2.21. The summed E-state index contributed by atoms with van der Waals surface area (Å²) in [6.07, 6.45) is 1.59. The van der Waals surface area contributed by atoms with Crippen LogP contribution in [0, 0.1) is 5.82 Å². The van der Waals surface area contributed by atoms with Crippen molar-refractivity contribution < 1.29 is 13.6 Å². The number of carbonyl (C=O) groups excluding carboxylic acids is 1. The molecule has 28 heavy (non-hydrogen) atoms. The number of fused-ring (bicyclic) bond motifs is 1. The lowest BCUT2D eigenvalue weighted by atomic mass is 10.1. The van der Waals surface area contributed by atoms with Crippen LogP contribution in [0.25, 0.3) is 11.0 Å². The summed E-state index contributed by atoms with van der Waals surface area (Å²) < 4.78 is 20.1. The number of nitrogens with one attached hydrogen (secondary N) is 1. The molecule has 0 aliphatic heterocycles. The number of aromatic nitrogens is 1. The van der Waals surface area contributed by atoms with Gasteiger partial charge in [0.1, 0.15) is 17.0 Å². The Balaban J connectivity index is 1.89. The number of rotatable bonds is 3. The van der Waals surface area contributed by atoms with Gasteiger partial charge in [-0.3, -0.25) is 10.1 Å². The zero-order valence-corrected chi connectivity index (χ0v) is 17.1. The molecule has 9 heteroatoms. The Bertz CT molecular complexity index is 1260. The van der Waals surface area contributed by atoms with Crippen molar-refractivity contribution in [1.29, 1.82) is 0 Å². The zero-order valence-electron chi connectivity index (χ0n) is 13.9. The molecule has 2 aromatic carbocycles. The standard InChI is InChI=1S/C19H10BrClFN3O2S/c20-11-1-4-16-10(7-11)8-13(17(26)25-19-23-5-6-28-19)18(27-16)24-12-2-3-15(22)14(21)9-12/h1-9H,(H,23,25,26). The second-order valence-corrected chi connectivity index (χ2v) is 7.87. The molecule has 0 aliphatic rings. The van der Waals surface area contributed by atoms with E-state index < -0.39 is 11.7 Å². The van der Waals surface area contributed by atoms with E-state index in [1.54, 1.807) is 23.7 Å². The Morgan fingerprint density at radius 1 is 1.25 bits per heavy atom. The maximum atomic E-state index is 13.4. The zero-order chi connectivity index (χ0) is 19.7. The molecule has 0 radical (unpaired) electrons. The van der Waals surface area contributed by atoms with Gasteiger partial charge in [0.05, 0.1) is 10.7 Å². The van der Waals surface area contributed by atoms with Gasteiger partial charge in [-0.1, -0.05) is 27.5 Å². The first-order valence-corrected chi connectivity index (χ1v) is 9.99. The van der Waals surface area contributed by atoms with Gasteiger partial charge in [0, 0.05) is 21.4 Å². The average molecular weight is 479 g/mol. The second kappa shape index (κ2) is 7.83. The quantitative estimate of drug-likeness (QED) is 0.397. The van der Waals surface area contributed by atoms with E-state index in [0.717, 1.165) is 9.86 Å². The van der Waals surface area contributed by atoms with E-state index in [4.69, 9.17) is 16.0 Å². The third-order valence-electron chi connectivity index (χ3n) is 3.74. The summed E-state index contributed by atoms with van der Waals surface area (Å²) in [5, 5.41) is 5.57. The van der Waals surface area contributed by atoms with E-state index in [2.05, 4.69) is 31.2 Å². The highest BCUT2D eigenvalue weighted by Gasteiger charge is 2.14. The third-order valence-corrected chi connectivity index (χ3v) is 5.21. The first-order valence-electron chi connectivity index (χ1n) is 7.93. The van der Waals surface area contributed by atoms with Crippen LogP contribution in [0.3, 0.4) is 0 Å². The number of hydrogen-bond acceptors (Lipinski definition) is 5. The molecule has 0 aliphatic carbocycles. The molecule has 2 aromatic heterocycles. The minimum atomic E-state index is -0.553. The van der Waals surface area contributed by atoms with Crippen LogP contribution in [-0.2, 0) is 0 Å². The molecule has 1 N–H and O–H groups in total. The number of halogens is 3. The molecule has 0 bridgehead atoms. The molecule has 0 unspecified atom stereocenters. The third kappa shape index (κ3) is 3.99. The van der Waals surface area contributed by atoms with Crippen molar-refractivity contribution in [3.8, 4) is 0 Å². The topological polar surface area (TPSA) is 67.5 Å². The molecule has 0 atom stereocenters. The van der Waals surface area contributed by atoms with Crippen molar-refractivity contribution in [2.75, 3.05) is 5.32 Å². The van der Waals surface area contributed by atoms with E-state index in [9.17, 15) is 9.18 Å². The lowest BCUT2D eigenvalue weighted by Gasteiger charge is -2.06. The Labute approximate surface area is 175 Å². The van der Waals surface area contributed by atoms with Crippen LogP contribution in [0.2, 0.25) is 5.02 Å². The molecular formula is C19H10BrClFN3O2S. The summed E-state index contributed by atoms with van der Waals surface area (Å²) in [5.74, 6) is -0.977. The number of hydrogen-bond donors (Lipinski definition) is 1. The van der Waals surface area contributed by atoms with Gasteiger partial charge in [0.2, 0.25) is 5.55 Å². The average Bonchev–Trinajstić information content (AvgIpc) is 3.17. The molecule has 0 saturated heterocycles. The first-order chi connectivity index (χ1) is 13.5. The Morgan fingerprint density at radius 3 is 2.86 bits per heavy atom. The molecule has 4 aromatic rings. The van der Waals surface area contributed by atoms with Crippen molar-refractivity contribution in [1.82, 2.24) is 4.98 Å². The molecule has 0 fully saturated rings. The number of anilines is 1. The minimum Gasteiger partial charge on any atom is -0.438 e. The summed E-state index contributed by atoms with van der Waals surface area (Å²) in [4.78, 5) is 21.2. The highest BCUT2D eigenvalue weighted by molar-refractivity contribution is 9.10. The summed E-state index contributed by atoms with van der Waals surface area (Å²) in [6.45, 7) is 0. The largest absolute Gasteiger partial charge is 0.438 e. The van der Waals surface area contributed by atoms with E-state index in [-0.39, 0.29) is 16.1 Å². The Morgan fingerprint density at radius 2 is 2.11 bits per heavy atom. The van der Waals surface area contributed by atoms with Crippen molar-refractivity contribution in [2.24, 2.45) is 4.99 Å².